The largest absolute Gasteiger partial charge is 0.386 e. The summed E-state index contributed by atoms with van der Waals surface area (Å²) in [7, 11) is 1.82. The number of carbonyl (C=O) groups is 1. The lowest BCUT2D eigenvalue weighted by atomic mass is 10.1. The van der Waals surface area contributed by atoms with Crippen molar-refractivity contribution < 1.29 is 18.7 Å². The van der Waals surface area contributed by atoms with Gasteiger partial charge in [0.1, 0.15) is 17.7 Å². The van der Waals surface area contributed by atoms with Crippen LogP contribution >= 0.6 is 0 Å². The summed E-state index contributed by atoms with van der Waals surface area (Å²) in [5.41, 5.74) is 1.51. The van der Waals surface area contributed by atoms with Crippen LogP contribution in [0.5, 0.6) is 0 Å². The van der Waals surface area contributed by atoms with Crippen LogP contribution in [0.15, 0.2) is 24.4 Å². The number of aryl methyl sites for hydroxylation is 2. The van der Waals surface area contributed by atoms with Gasteiger partial charge >= 0.3 is 0 Å². The molecule has 2 rings (SSSR count). The first-order valence-corrected chi connectivity index (χ1v) is 7.26. The molecule has 2 N–H and O–H groups in total. The number of halogens is 2. The van der Waals surface area contributed by atoms with Crippen LogP contribution in [-0.4, -0.2) is 27.3 Å². The van der Waals surface area contributed by atoms with E-state index in [9.17, 15) is 18.7 Å². The highest BCUT2D eigenvalue weighted by Crippen LogP contribution is 2.20. The highest BCUT2D eigenvalue weighted by atomic mass is 19.1. The van der Waals surface area contributed by atoms with E-state index in [2.05, 4.69) is 10.4 Å². The van der Waals surface area contributed by atoms with Crippen molar-refractivity contribution in [3.63, 3.8) is 0 Å². The van der Waals surface area contributed by atoms with Gasteiger partial charge in [-0.3, -0.25) is 9.48 Å². The third kappa shape index (κ3) is 4.13. The molecule has 124 valence electrons. The Bertz CT molecular complexity index is 680. The summed E-state index contributed by atoms with van der Waals surface area (Å²) in [6.07, 6.45) is 0.987. The zero-order valence-electron chi connectivity index (χ0n) is 13.0. The Hall–Kier alpha value is -2.28. The van der Waals surface area contributed by atoms with Gasteiger partial charge in [0, 0.05) is 25.7 Å². The van der Waals surface area contributed by atoms with Gasteiger partial charge in [-0.05, 0) is 31.0 Å². The van der Waals surface area contributed by atoms with Gasteiger partial charge in [-0.1, -0.05) is 6.07 Å². The van der Waals surface area contributed by atoms with Gasteiger partial charge in [0.25, 0.3) is 0 Å². The lowest BCUT2D eigenvalue weighted by Gasteiger charge is -2.14. The molecule has 0 aliphatic carbocycles. The van der Waals surface area contributed by atoms with Gasteiger partial charge in [-0.15, -0.1) is 0 Å². The molecule has 23 heavy (non-hydrogen) atoms. The maximum Gasteiger partial charge on any atom is 0.220 e. The van der Waals surface area contributed by atoms with Crippen molar-refractivity contribution in [1.82, 2.24) is 15.1 Å². The normalized spacial score (nSPS) is 12.2. The molecule has 0 aliphatic rings. The van der Waals surface area contributed by atoms with E-state index in [0.717, 1.165) is 23.4 Å². The highest BCUT2D eigenvalue weighted by Gasteiger charge is 2.18. The van der Waals surface area contributed by atoms with Crippen LogP contribution < -0.4 is 5.32 Å². The Labute approximate surface area is 132 Å². The van der Waals surface area contributed by atoms with Gasteiger partial charge in [-0.2, -0.15) is 5.10 Å². The van der Waals surface area contributed by atoms with Crippen LogP contribution in [-0.2, 0) is 18.3 Å². The Balaban J connectivity index is 1.85. The Morgan fingerprint density at radius 1 is 1.39 bits per heavy atom. The fraction of sp³-hybridized carbons (Fsp3) is 0.375. The van der Waals surface area contributed by atoms with Crippen molar-refractivity contribution in [3.8, 4) is 0 Å². The van der Waals surface area contributed by atoms with Crippen molar-refractivity contribution >= 4 is 5.91 Å². The second kappa shape index (κ2) is 7.32. The van der Waals surface area contributed by atoms with Gasteiger partial charge < -0.3 is 10.4 Å². The molecule has 0 saturated heterocycles. The smallest absolute Gasteiger partial charge is 0.220 e. The zero-order valence-corrected chi connectivity index (χ0v) is 13.0. The van der Waals surface area contributed by atoms with E-state index >= 15 is 0 Å². The molecular weight excluding hydrogens is 304 g/mol. The predicted octanol–water partition coefficient (Wildman–Crippen LogP) is 1.79. The number of nitrogens with one attached hydrogen (secondary N) is 1. The Morgan fingerprint density at radius 2 is 2.04 bits per heavy atom. The second-order valence-electron chi connectivity index (χ2n) is 5.33. The van der Waals surface area contributed by atoms with E-state index in [-0.39, 0.29) is 18.9 Å². The molecule has 0 aliphatic heterocycles. The molecule has 0 bridgehead atoms. The number of aliphatic hydroxyl groups is 1. The standard InChI is InChI=1S/C16H19F2N3O2/c1-10-11(8-20-21(10)2)6-7-15(23)19-9-14(22)16-12(17)4-3-5-13(16)18/h3-5,8,14,22H,6-7,9H2,1-2H3,(H,19,23). The minimum atomic E-state index is -1.43. The van der Waals surface area contributed by atoms with E-state index < -0.39 is 23.3 Å². The number of hydrogen-bond donors (Lipinski definition) is 2. The monoisotopic (exact) mass is 323 g/mol. The highest BCUT2D eigenvalue weighted by molar-refractivity contribution is 5.76. The number of benzene rings is 1. The minimum absolute atomic E-state index is 0.207. The molecule has 2 aromatic rings. The molecule has 0 fully saturated rings. The van der Waals surface area contributed by atoms with Crippen LogP contribution in [0.2, 0.25) is 0 Å². The molecule has 0 saturated carbocycles. The van der Waals surface area contributed by atoms with E-state index in [0.29, 0.717) is 6.42 Å². The number of aliphatic hydroxyl groups excluding tert-OH is 1. The summed E-state index contributed by atoms with van der Waals surface area (Å²) in [4.78, 5) is 11.8. The van der Waals surface area contributed by atoms with Gasteiger partial charge in [0.15, 0.2) is 0 Å². The summed E-state index contributed by atoms with van der Waals surface area (Å²) in [6, 6.07) is 3.35. The van der Waals surface area contributed by atoms with Crippen LogP contribution in [0.1, 0.15) is 29.3 Å². The Morgan fingerprint density at radius 3 is 2.61 bits per heavy atom. The molecular formula is C16H19F2N3O2. The van der Waals surface area contributed by atoms with Crippen LogP contribution in [0, 0.1) is 18.6 Å². The third-order valence-corrected chi connectivity index (χ3v) is 3.78. The second-order valence-corrected chi connectivity index (χ2v) is 5.33. The summed E-state index contributed by atoms with van der Waals surface area (Å²) < 4.78 is 28.8. The SMILES string of the molecule is Cc1c(CCC(=O)NCC(O)c2c(F)cccc2F)cnn1C. The number of amides is 1. The number of rotatable bonds is 6. The average molecular weight is 323 g/mol. The number of carbonyl (C=O) groups excluding carboxylic acids is 1. The zero-order chi connectivity index (χ0) is 17.0. The molecule has 5 nitrogen and oxygen atoms in total. The first-order valence-electron chi connectivity index (χ1n) is 7.26. The Kier molecular flexibility index (Phi) is 5.44. The molecule has 1 atom stereocenters. The summed E-state index contributed by atoms with van der Waals surface area (Å²) in [5, 5.41) is 16.4. The van der Waals surface area contributed by atoms with Gasteiger partial charge in [-0.25, -0.2) is 8.78 Å². The van der Waals surface area contributed by atoms with Crippen LogP contribution in [0.4, 0.5) is 8.78 Å². The maximum atomic E-state index is 13.5. The quantitative estimate of drug-likeness (QED) is 0.852. The van der Waals surface area contributed by atoms with Crippen LogP contribution in [0.25, 0.3) is 0 Å². The third-order valence-electron chi connectivity index (χ3n) is 3.78. The molecule has 1 aromatic carbocycles. The summed E-state index contributed by atoms with van der Waals surface area (Å²) >= 11 is 0. The first-order chi connectivity index (χ1) is 10.9. The van der Waals surface area contributed by atoms with E-state index in [1.807, 2.05) is 14.0 Å². The number of hydrogen-bond acceptors (Lipinski definition) is 3. The van der Waals surface area contributed by atoms with Gasteiger partial charge in [0.05, 0.1) is 11.8 Å². The van der Waals surface area contributed by atoms with Crippen molar-refractivity contribution in [1.29, 1.82) is 0 Å². The summed E-state index contributed by atoms with van der Waals surface area (Å²) in [6.45, 7) is 1.66. The minimum Gasteiger partial charge on any atom is -0.386 e. The van der Waals surface area contributed by atoms with Crippen LogP contribution in [0.3, 0.4) is 0 Å². The average Bonchev–Trinajstić information content (AvgIpc) is 2.82. The fourth-order valence-electron chi connectivity index (χ4n) is 2.27. The maximum absolute atomic E-state index is 13.5. The van der Waals surface area contributed by atoms with Crippen molar-refractivity contribution in [2.75, 3.05) is 6.54 Å². The van der Waals surface area contributed by atoms with Crippen molar-refractivity contribution in [3.05, 3.63) is 52.9 Å². The summed E-state index contributed by atoms with van der Waals surface area (Å²) in [5.74, 6) is -1.97. The molecule has 1 heterocycles. The van der Waals surface area contributed by atoms with E-state index in [1.54, 1.807) is 10.9 Å². The lowest BCUT2D eigenvalue weighted by molar-refractivity contribution is -0.121. The number of nitrogens with zero attached hydrogens (tertiary/aromatic N) is 2. The molecule has 0 spiro atoms. The molecule has 1 amide bonds. The van der Waals surface area contributed by atoms with Gasteiger partial charge in [0.2, 0.25) is 5.91 Å². The van der Waals surface area contributed by atoms with E-state index in [4.69, 9.17) is 0 Å². The predicted molar refractivity (Wildman–Crippen MR) is 80.6 cm³/mol. The van der Waals surface area contributed by atoms with E-state index in [1.165, 1.54) is 6.07 Å². The van der Waals surface area contributed by atoms with Crippen molar-refractivity contribution in [2.24, 2.45) is 7.05 Å². The molecule has 7 heteroatoms. The first kappa shape index (κ1) is 17.1. The molecule has 1 unspecified atom stereocenters. The molecule has 1 aromatic heterocycles. The topological polar surface area (TPSA) is 67.2 Å². The fourth-order valence-corrected chi connectivity index (χ4v) is 2.27. The number of aromatic nitrogens is 2. The molecule has 0 radical (unpaired) electrons. The van der Waals surface area contributed by atoms with Crippen molar-refractivity contribution in [2.45, 2.75) is 25.9 Å². The lowest BCUT2D eigenvalue weighted by Crippen LogP contribution is -2.29.